The highest BCUT2D eigenvalue weighted by atomic mass is 19.1. The van der Waals surface area contributed by atoms with Crippen LogP contribution in [-0.2, 0) is 0 Å². The number of rotatable bonds is 5. The van der Waals surface area contributed by atoms with Crippen LogP contribution in [0.1, 0.15) is 53.0 Å². The van der Waals surface area contributed by atoms with Gasteiger partial charge in [0.25, 0.3) is 11.8 Å². The molecule has 1 saturated carbocycles. The summed E-state index contributed by atoms with van der Waals surface area (Å²) < 4.78 is 26.7. The number of H-pyrrole nitrogens is 1. The van der Waals surface area contributed by atoms with Crippen molar-refractivity contribution in [2.24, 2.45) is 0 Å². The predicted octanol–water partition coefficient (Wildman–Crippen LogP) is 1.95. The van der Waals surface area contributed by atoms with Crippen molar-refractivity contribution in [3.05, 3.63) is 47.5 Å². The Labute approximate surface area is 148 Å². The van der Waals surface area contributed by atoms with E-state index in [0.717, 1.165) is 31.5 Å². The first-order valence-corrected chi connectivity index (χ1v) is 8.40. The molecule has 0 bridgehead atoms. The third-order valence-electron chi connectivity index (χ3n) is 4.59. The molecule has 1 aliphatic carbocycles. The lowest BCUT2D eigenvalue weighted by molar-refractivity contribution is 0.0829. The van der Waals surface area contributed by atoms with E-state index in [4.69, 9.17) is 0 Å². The van der Waals surface area contributed by atoms with Gasteiger partial charge in [0.15, 0.2) is 11.5 Å². The van der Waals surface area contributed by atoms with Crippen LogP contribution in [0.4, 0.5) is 8.78 Å². The number of amides is 2. The normalized spacial score (nSPS) is 16.1. The van der Waals surface area contributed by atoms with Gasteiger partial charge in [0.1, 0.15) is 0 Å². The average Bonchev–Trinajstić information content (AvgIpc) is 3.07. The van der Waals surface area contributed by atoms with E-state index < -0.39 is 29.1 Å². The van der Waals surface area contributed by atoms with Crippen LogP contribution in [0.2, 0.25) is 0 Å². The van der Waals surface area contributed by atoms with Crippen molar-refractivity contribution in [2.45, 2.75) is 37.6 Å². The summed E-state index contributed by atoms with van der Waals surface area (Å²) in [4.78, 5) is 28.1. The summed E-state index contributed by atoms with van der Waals surface area (Å²) in [5, 5.41) is 11.4. The maximum absolute atomic E-state index is 13.5. The summed E-state index contributed by atoms with van der Waals surface area (Å²) in [6.45, 7) is 0.142. The van der Waals surface area contributed by atoms with Crippen LogP contribution in [0.5, 0.6) is 0 Å². The maximum Gasteiger partial charge on any atom is 0.272 e. The second-order valence-electron chi connectivity index (χ2n) is 6.44. The van der Waals surface area contributed by atoms with E-state index in [2.05, 4.69) is 25.8 Å². The zero-order valence-corrected chi connectivity index (χ0v) is 14.0. The lowest BCUT2D eigenvalue weighted by Gasteiger charge is -2.38. The Morgan fingerprint density at radius 1 is 1.19 bits per heavy atom. The highest BCUT2D eigenvalue weighted by Crippen LogP contribution is 2.28. The number of nitrogens with one attached hydrogen (secondary N) is 3. The van der Waals surface area contributed by atoms with Gasteiger partial charge in [-0.25, -0.2) is 9.37 Å². The van der Waals surface area contributed by atoms with E-state index in [1.807, 2.05) is 0 Å². The van der Waals surface area contributed by atoms with Gasteiger partial charge < -0.3 is 10.6 Å². The van der Waals surface area contributed by atoms with Crippen molar-refractivity contribution in [1.29, 1.82) is 0 Å². The molecule has 9 heteroatoms. The number of hydrogen-bond donors (Lipinski definition) is 3. The van der Waals surface area contributed by atoms with Crippen molar-refractivity contribution in [3.8, 4) is 0 Å². The summed E-state index contributed by atoms with van der Waals surface area (Å²) in [5.41, 5.74) is -0.756. The monoisotopic (exact) mass is 363 g/mol. The molecule has 0 aromatic carbocycles. The highest BCUT2D eigenvalue weighted by molar-refractivity contribution is 5.95. The van der Waals surface area contributed by atoms with E-state index in [1.165, 1.54) is 12.3 Å². The number of carbonyl (C=O) groups excluding carboxylic acids is 2. The number of halogens is 2. The fraction of sp³-hybridized carbons (Fsp3) is 0.412. The fourth-order valence-corrected chi connectivity index (χ4v) is 3.20. The molecule has 7 nitrogen and oxygen atoms in total. The minimum absolute atomic E-state index is 0.142. The van der Waals surface area contributed by atoms with Gasteiger partial charge in [0, 0.05) is 24.4 Å². The van der Waals surface area contributed by atoms with Gasteiger partial charge in [-0.3, -0.25) is 14.7 Å². The Balaban J connectivity index is 1.71. The third kappa shape index (κ3) is 4.04. The molecule has 26 heavy (non-hydrogen) atoms. The highest BCUT2D eigenvalue weighted by Gasteiger charge is 2.34. The molecular formula is C17H19F2N5O2. The van der Waals surface area contributed by atoms with Crippen molar-refractivity contribution >= 4 is 11.8 Å². The van der Waals surface area contributed by atoms with Crippen LogP contribution in [0.25, 0.3) is 0 Å². The standard InChI is InChI=1S/C17H19F2N5O2/c18-12-9-22-24-14(12)16(26)21-10-17(5-2-1-3-6-17)23-15(25)11-4-7-20-13(19)8-11/h4,7-9H,1-3,5-6,10H2,(H,21,26)(H,22,24)(H,23,25). The number of nitrogens with zero attached hydrogens (tertiary/aromatic N) is 2. The van der Waals surface area contributed by atoms with Crippen molar-refractivity contribution in [3.63, 3.8) is 0 Å². The molecule has 0 unspecified atom stereocenters. The SMILES string of the molecule is O=C(NC1(CNC(=O)c2[nH]ncc2F)CCCCC1)c1ccnc(F)c1. The second-order valence-corrected chi connectivity index (χ2v) is 6.44. The first-order valence-electron chi connectivity index (χ1n) is 8.40. The van der Waals surface area contributed by atoms with Gasteiger partial charge in [-0.2, -0.15) is 9.49 Å². The molecule has 3 rings (SSSR count). The summed E-state index contributed by atoms with van der Waals surface area (Å²) in [6.07, 6.45) is 6.28. The van der Waals surface area contributed by atoms with Gasteiger partial charge in [-0.15, -0.1) is 0 Å². The van der Waals surface area contributed by atoms with Crippen LogP contribution in [0.15, 0.2) is 24.5 Å². The predicted molar refractivity (Wildman–Crippen MR) is 88.4 cm³/mol. The third-order valence-corrected chi connectivity index (χ3v) is 4.59. The number of aromatic nitrogens is 3. The van der Waals surface area contributed by atoms with Crippen molar-refractivity contribution in [1.82, 2.24) is 25.8 Å². The Morgan fingerprint density at radius 3 is 2.62 bits per heavy atom. The Kier molecular flexibility index (Phi) is 5.24. The summed E-state index contributed by atoms with van der Waals surface area (Å²) in [6, 6.07) is 2.48. The first-order chi connectivity index (χ1) is 12.5. The minimum atomic E-state index is -0.739. The zero-order chi connectivity index (χ0) is 18.6. The molecule has 1 aliphatic rings. The topological polar surface area (TPSA) is 99.8 Å². The lowest BCUT2D eigenvalue weighted by Crippen LogP contribution is -2.56. The van der Waals surface area contributed by atoms with E-state index in [0.29, 0.717) is 12.8 Å². The zero-order valence-electron chi connectivity index (χ0n) is 14.0. The van der Waals surface area contributed by atoms with Gasteiger partial charge in [0.2, 0.25) is 5.95 Å². The molecule has 0 atom stereocenters. The first kappa shape index (κ1) is 18.0. The van der Waals surface area contributed by atoms with E-state index in [-0.39, 0.29) is 17.8 Å². The molecule has 2 aromatic rings. The molecule has 2 heterocycles. The number of aromatic amines is 1. The van der Waals surface area contributed by atoms with Gasteiger partial charge in [-0.05, 0) is 18.9 Å². The van der Waals surface area contributed by atoms with Crippen LogP contribution in [0, 0.1) is 11.8 Å². The molecule has 2 amide bonds. The lowest BCUT2D eigenvalue weighted by atomic mass is 9.81. The number of pyridine rings is 1. The van der Waals surface area contributed by atoms with Crippen LogP contribution in [0.3, 0.4) is 0 Å². The molecule has 0 saturated heterocycles. The molecule has 0 spiro atoms. The summed E-state index contributed by atoms with van der Waals surface area (Å²) >= 11 is 0. The van der Waals surface area contributed by atoms with Crippen LogP contribution in [-0.4, -0.2) is 39.1 Å². The fourth-order valence-electron chi connectivity index (χ4n) is 3.20. The Hall–Kier alpha value is -2.84. The van der Waals surface area contributed by atoms with Crippen LogP contribution >= 0.6 is 0 Å². The molecule has 2 aromatic heterocycles. The van der Waals surface area contributed by atoms with Crippen molar-refractivity contribution in [2.75, 3.05) is 6.54 Å². The quantitative estimate of drug-likeness (QED) is 0.707. The van der Waals surface area contributed by atoms with Crippen molar-refractivity contribution < 1.29 is 18.4 Å². The molecular weight excluding hydrogens is 344 g/mol. The van der Waals surface area contributed by atoms with Gasteiger partial charge in [0.05, 0.1) is 11.7 Å². The second kappa shape index (κ2) is 7.59. The molecule has 0 aliphatic heterocycles. The molecule has 138 valence electrons. The maximum atomic E-state index is 13.5. The molecule has 1 fully saturated rings. The van der Waals surface area contributed by atoms with E-state index in [1.54, 1.807) is 0 Å². The number of hydrogen-bond acceptors (Lipinski definition) is 4. The summed E-state index contributed by atoms with van der Waals surface area (Å²) in [5.74, 6) is -2.54. The van der Waals surface area contributed by atoms with E-state index >= 15 is 0 Å². The smallest absolute Gasteiger partial charge is 0.272 e. The van der Waals surface area contributed by atoms with Gasteiger partial charge >= 0.3 is 0 Å². The Morgan fingerprint density at radius 2 is 1.96 bits per heavy atom. The Bertz CT molecular complexity index is 802. The number of carbonyl (C=O) groups is 2. The van der Waals surface area contributed by atoms with E-state index in [9.17, 15) is 18.4 Å². The summed E-state index contributed by atoms with van der Waals surface area (Å²) in [7, 11) is 0. The van der Waals surface area contributed by atoms with Gasteiger partial charge in [-0.1, -0.05) is 19.3 Å². The van der Waals surface area contributed by atoms with Crippen LogP contribution < -0.4 is 10.6 Å². The largest absolute Gasteiger partial charge is 0.348 e. The molecule has 0 radical (unpaired) electrons. The average molecular weight is 363 g/mol. The molecule has 3 N–H and O–H groups in total. The minimum Gasteiger partial charge on any atom is -0.348 e.